The van der Waals surface area contributed by atoms with Crippen molar-refractivity contribution in [2.45, 2.75) is 6.92 Å². The van der Waals surface area contributed by atoms with Crippen molar-refractivity contribution in [2.24, 2.45) is 4.99 Å². The molecule has 0 atom stereocenters. The highest BCUT2D eigenvalue weighted by atomic mass is 35.5. The summed E-state index contributed by atoms with van der Waals surface area (Å²) in [5.74, 6) is 1.25. The van der Waals surface area contributed by atoms with Crippen LogP contribution in [0, 0.1) is 6.92 Å². The largest absolute Gasteiger partial charge is 0.462 e. The molecule has 0 saturated carbocycles. The average Bonchev–Trinajstić information content (AvgIpc) is 3.00. The van der Waals surface area contributed by atoms with Crippen molar-refractivity contribution in [2.75, 3.05) is 0 Å². The normalized spacial score (nSPS) is 18.5. The molecule has 3 rings (SSSR count). The number of carbonyl (C=O) groups excluding carboxylic acids is 1. The zero-order valence-corrected chi connectivity index (χ0v) is 12.7. The summed E-state index contributed by atoms with van der Waals surface area (Å²) in [6.45, 7) is 1.86. The number of aliphatic imine (C=N–C) groups is 1. The summed E-state index contributed by atoms with van der Waals surface area (Å²) < 4.78 is 5.44. The Balaban J connectivity index is 1.85. The number of nitrogens with one attached hydrogen (secondary N) is 1. The first-order valence-corrected chi connectivity index (χ1v) is 7.42. The van der Waals surface area contributed by atoms with Crippen molar-refractivity contribution in [3.8, 4) is 0 Å². The van der Waals surface area contributed by atoms with Crippen molar-refractivity contribution in [3.63, 3.8) is 0 Å². The highest BCUT2D eigenvalue weighted by Gasteiger charge is 2.24. The van der Waals surface area contributed by atoms with Crippen molar-refractivity contribution in [1.29, 1.82) is 0 Å². The maximum absolute atomic E-state index is 11.9. The summed E-state index contributed by atoms with van der Waals surface area (Å²) in [5.41, 5.74) is 0.622. The number of amides is 1. The summed E-state index contributed by atoms with van der Waals surface area (Å²) in [6, 6.07) is 10.9. The van der Waals surface area contributed by atoms with Crippen molar-refractivity contribution in [3.05, 3.63) is 57.8 Å². The second-order valence-corrected chi connectivity index (χ2v) is 5.82. The minimum atomic E-state index is -0.195. The van der Waals surface area contributed by atoms with Crippen LogP contribution in [-0.2, 0) is 4.79 Å². The topological polar surface area (TPSA) is 54.6 Å². The van der Waals surface area contributed by atoms with Crippen LogP contribution in [0.4, 0.5) is 5.69 Å². The highest BCUT2D eigenvalue weighted by Crippen LogP contribution is 2.30. The van der Waals surface area contributed by atoms with Gasteiger partial charge in [-0.15, -0.1) is 0 Å². The van der Waals surface area contributed by atoms with E-state index in [0.717, 1.165) is 5.76 Å². The zero-order valence-electron chi connectivity index (χ0n) is 11.1. The number of para-hydroxylation sites is 1. The molecule has 1 fully saturated rings. The summed E-state index contributed by atoms with van der Waals surface area (Å²) in [6.07, 6.45) is 1.70. The van der Waals surface area contributed by atoms with Gasteiger partial charge in [-0.2, -0.15) is 0 Å². The van der Waals surface area contributed by atoms with Crippen LogP contribution in [0.2, 0.25) is 5.02 Å². The molecule has 0 radical (unpaired) electrons. The molecule has 2 heterocycles. The number of furan rings is 1. The van der Waals surface area contributed by atoms with E-state index in [1.54, 1.807) is 18.2 Å². The molecule has 1 amide bonds. The molecule has 0 spiro atoms. The van der Waals surface area contributed by atoms with E-state index < -0.39 is 0 Å². The maximum Gasteiger partial charge on any atom is 0.264 e. The minimum Gasteiger partial charge on any atom is -0.462 e. The molecule has 1 N–H and O–H groups in total. The van der Waals surface area contributed by atoms with Crippen LogP contribution >= 0.6 is 23.4 Å². The lowest BCUT2D eigenvalue weighted by Crippen LogP contribution is -2.19. The van der Waals surface area contributed by atoms with Gasteiger partial charge in [0.05, 0.1) is 15.6 Å². The van der Waals surface area contributed by atoms with E-state index in [4.69, 9.17) is 16.0 Å². The van der Waals surface area contributed by atoms with Gasteiger partial charge >= 0.3 is 0 Å². The summed E-state index contributed by atoms with van der Waals surface area (Å²) in [4.78, 5) is 16.8. The number of hydrogen-bond acceptors (Lipinski definition) is 4. The fraction of sp³-hybridized carbons (Fsp3) is 0.0667. The highest BCUT2D eigenvalue weighted by molar-refractivity contribution is 8.18. The lowest BCUT2D eigenvalue weighted by atomic mass is 10.3. The zero-order chi connectivity index (χ0) is 14.8. The molecular weight excluding hydrogens is 308 g/mol. The molecule has 1 aromatic carbocycles. The number of hydrogen-bond donors (Lipinski definition) is 1. The SMILES string of the molecule is Cc1ccc(C=C2SC(=Nc3ccccc3Cl)NC2=O)o1. The van der Waals surface area contributed by atoms with Gasteiger partial charge in [-0.1, -0.05) is 23.7 Å². The number of thioether (sulfide) groups is 1. The summed E-state index contributed by atoms with van der Waals surface area (Å²) >= 11 is 7.31. The molecule has 21 heavy (non-hydrogen) atoms. The lowest BCUT2D eigenvalue weighted by molar-refractivity contribution is -0.115. The third-order valence-corrected chi connectivity index (χ3v) is 3.99. The van der Waals surface area contributed by atoms with E-state index in [-0.39, 0.29) is 5.91 Å². The van der Waals surface area contributed by atoms with Crippen LogP contribution in [0.1, 0.15) is 11.5 Å². The Bertz CT molecular complexity index is 765. The predicted octanol–water partition coefficient (Wildman–Crippen LogP) is 4.13. The lowest BCUT2D eigenvalue weighted by Gasteiger charge is -1.98. The standard InChI is InChI=1S/C15H11ClN2O2S/c1-9-6-7-10(20-9)8-13-14(19)18-15(21-13)17-12-5-3-2-4-11(12)16/h2-8H,1H3,(H,17,18,19). The van der Waals surface area contributed by atoms with Gasteiger partial charge in [0.1, 0.15) is 11.5 Å². The third-order valence-electron chi connectivity index (χ3n) is 2.76. The first-order valence-electron chi connectivity index (χ1n) is 6.22. The van der Waals surface area contributed by atoms with Crippen LogP contribution in [-0.4, -0.2) is 11.1 Å². The number of rotatable bonds is 2. The number of aryl methyl sites for hydroxylation is 1. The van der Waals surface area contributed by atoms with E-state index in [2.05, 4.69) is 10.3 Å². The van der Waals surface area contributed by atoms with E-state index in [9.17, 15) is 4.79 Å². The maximum atomic E-state index is 11.9. The van der Waals surface area contributed by atoms with E-state index in [1.807, 2.05) is 31.2 Å². The number of benzene rings is 1. The first kappa shape index (κ1) is 14.0. The van der Waals surface area contributed by atoms with Gasteiger partial charge in [-0.3, -0.25) is 4.79 Å². The van der Waals surface area contributed by atoms with Gasteiger partial charge in [-0.05, 0) is 43.0 Å². The molecule has 0 unspecified atom stereocenters. The Morgan fingerprint density at radius 3 is 2.81 bits per heavy atom. The molecule has 6 heteroatoms. The molecule has 4 nitrogen and oxygen atoms in total. The van der Waals surface area contributed by atoms with Crippen LogP contribution in [0.3, 0.4) is 0 Å². The van der Waals surface area contributed by atoms with Gasteiger partial charge in [0, 0.05) is 6.08 Å². The third kappa shape index (κ3) is 3.20. The van der Waals surface area contributed by atoms with Crippen LogP contribution in [0.15, 0.2) is 50.7 Å². The minimum absolute atomic E-state index is 0.195. The first-order chi connectivity index (χ1) is 10.1. The Morgan fingerprint density at radius 1 is 1.29 bits per heavy atom. The van der Waals surface area contributed by atoms with Crippen molar-refractivity contribution >= 4 is 46.2 Å². The molecule has 1 aliphatic rings. The Hall–Kier alpha value is -1.98. The van der Waals surface area contributed by atoms with Crippen molar-refractivity contribution < 1.29 is 9.21 Å². The fourth-order valence-corrected chi connectivity index (χ4v) is 2.79. The van der Waals surface area contributed by atoms with E-state index in [0.29, 0.717) is 26.5 Å². The second-order valence-electron chi connectivity index (χ2n) is 4.38. The second kappa shape index (κ2) is 5.79. The van der Waals surface area contributed by atoms with E-state index in [1.165, 1.54) is 11.8 Å². The van der Waals surface area contributed by atoms with Crippen LogP contribution in [0.25, 0.3) is 6.08 Å². The number of carbonyl (C=O) groups is 1. The van der Waals surface area contributed by atoms with E-state index >= 15 is 0 Å². The average molecular weight is 319 g/mol. The molecule has 0 aliphatic carbocycles. The summed E-state index contributed by atoms with van der Waals surface area (Å²) in [7, 11) is 0. The van der Waals surface area contributed by atoms with Crippen LogP contribution < -0.4 is 5.32 Å². The Morgan fingerprint density at radius 2 is 2.10 bits per heavy atom. The fourth-order valence-electron chi connectivity index (χ4n) is 1.79. The molecular formula is C15H11ClN2O2S. The van der Waals surface area contributed by atoms with Gasteiger partial charge in [0.2, 0.25) is 0 Å². The smallest absolute Gasteiger partial charge is 0.264 e. The molecule has 0 bridgehead atoms. The van der Waals surface area contributed by atoms with Gasteiger partial charge in [0.15, 0.2) is 5.17 Å². The van der Waals surface area contributed by atoms with Crippen LogP contribution in [0.5, 0.6) is 0 Å². The molecule has 106 valence electrons. The number of nitrogens with zero attached hydrogens (tertiary/aromatic N) is 1. The predicted molar refractivity (Wildman–Crippen MR) is 85.7 cm³/mol. The number of amidine groups is 1. The van der Waals surface area contributed by atoms with Crippen molar-refractivity contribution in [1.82, 2.24) is 5.32 Å². The molecule has 1 aromatic heterocycles. The Labute approximate surface area is 130 Å². The molecule has 1 aliphatic heterocycles. The Kier molecular flexibility index (Phi) is 3.86. The summed E-state index contributed by atoms with van der Waals surface area (Å²) in [5, 5.41) is 3.76. The monoisotopic (exact) mass is 318 g/mol. The molecule has 2 aromatic rings. The van der Waals surface area contributed by atoms with Gasteiger partial charge in [-0.25, -0.2) is 4.99 Å². The van der Waals surface area contributed by atoms with Gasteiger partial charge < -0.3 is 9.73 Å². The van der Waals surface area contributed by atoms with Gasteiger partial charge in [0.25, 0.3) is 5.91 Å². The quantitative estimate of drug-likeness (QED) is 0.847. The molecule has 1 saturated heterocycles. The number of halogens is 1.